The molecule has 86 valence electrons. The SMILES string of the molecule is O=C(O)CCc1cc(Cl)c(Cl)cc1[N+](=O)[O-]. The minimum Gasteiger partial charge on any atom is -0.481 e. The van der Waals surface area contributed by atoms with Crippen LogP contribution >= 0.6 is 23.2 Å². The molecule has 1 N–H and O–H groups in total. The molecule has 0 atom stereocenters. The molecule has 0 aliphatic carbocycles. The van der Waals surface area contributed by atoms with Crippen LogP contribution < -0.4 is 0 Å². The third-order valence-electron chi connectivity index (χ3n) is 1.93. The van der Waals surface area contributed by atoms with Crippen molar-refractivity contribution in [3.63, 3.8) is 0 Å². The zero-order valence-corrected chi connectivity index (χ0v) is 9.46. The summed E-state index contributed by atoms with van der Waals surface area (Å²) in [6, 6.07) is 2.45. The van der Waals surface area contributed by atoms with Gasteiger partial charge in [-0.1, -0.05) is 23.2 Å². The van der Waals surface area contributed by atoms with Crippen LogP contribution in [-0.4, -0.2) is 16.0 Å². The van der Waals surface area contributed by atoms with E-state index in [1.54, 1.807) is 0 Å². The van der Waals surface area contributed by atoms with Gasteiger partial charge >= 0.3 is 5.97 Å². The Labute approximate surface area is 101 Å². The molecule has 0 aliphatic rings. The van der Waals surface area contributed by atoms with E-state index in [0.29, 0.717) is 0 Å². The summed E-state index contributed by atoms with van der Waals surface area (Å²) >= 11 is 11.3. The lowest BCUT2D eigenvalue weighted by molar-refractivity contribution is -0.385. The average Bonchev–Trinajstić information content (AvgIpc) is 2.18. The Bertz CT molecular complexity index is 447. The van der Waals surface area contributed by atoms with Crippen LogP contribution in [0.15, 0.2) is 12.1 Å². The molecule has 0 bridgehead atoms. The quantitative estimate of drug-likeness (QED) is 0.669. The molecule has 0 aliphatic heterocycles. The van der Waals surface area contributed by atoms with E-state index in [4.69, 9.17) is 28.3 Å². The number of nitro benzene ring substituents is 1. The molecular formula is C9H7Cl2NO4. The summed E-state index contributed by atoms with van der Waals surface area (Å²) in [5, 5.41) is 19.4. The number of hydrogen-bond donors (Lipinski definition) is 1. The molecule has 5 nitrogen and oxygen atoms in total. The van der Waals surface area contributed by atoms with Gasteiger partial charge < -0.3 is 5.11 Å². The summed E-state index contributed by atoms with van der Waals surface area (Å²) in [6.07, 6.45) is -0.151. The van der Waals surface area contributed by atoms with Crippen LogP contribution in [-0.2, 0) is 11.2 Å². The maximum atomic E-state index is 10.7. The van der Waals surface area contributed by atoms with Crippen molar-refractivity contribution < 1.29 is 14.8 Å². The summed E-state index contributed by atoms with van der Waals surface area (Å²) in [5.74, 6) is -1.03. The summed E-state index contributed by atoms with van der Waals surface area (Å²) in [4.78, 5) is 20.5. The fourth-order valence-electron chi connectivity index (χ4n) is 1.19. The number of nitro groups is 1. The normalized spacial score (nSPS) is 10.1. The first kappa shape index (κ1) is 12.7. The largest absolute Gasteiger partial charge is 0.481 e. The highest BCUT2D eigenvalue weighted by Gasteiger charge is 2.17. The van der Waals surface area contributed by atoms with Gasteiger partial charge in [0.1, 0.15) is 0 Å². The number of carboxylic acid groups (broad SMARTS) is 1. The average molecular weight is 264 g/mol. The van der Waals surface area contributed by atoms with Crippen LogP contribution in [0.3, 0.4) is 0 Å². The van der Waals surface area contributed by atoms with Gasteiger partial charge in [0.05, 0.1) is 15.0 Å². The summed E-state index contributed by atoms with van der Waals surface area (Å²) in [7, 11) is 0. The van der Waals surface area contributed by atoms with Crippen LogP contribution in [0.1, 0.15) is 12.0 Å². The van der Waals surface area contributed by atoms with Crippen molar-refractivity contribution in [2.24, 2.45) is 0 Å². The predicted molar refractivity (Wildman–Crippen MR) is 59.1 cm³/mol. The van der Waals surface area contributed by atoms with Gasteiger partial charge in [-0.05, 0) is 12.5 Å². The molecule has 1 aromatic rings. The Kier molecular flexibility index (Phi) is 4.09. The first-order valence-corrected chi connectivity index (χ1v) is 5.01. The minimum atomic E-state index is -1.03. The van der Waals surface area contributed by atoms with Crippen molar-refractivity contribution >= 4 is 34.9 Å². The number of aliphatic carboxylic acids is 1. The van der Waals surface area contributed by atoms with Crippen LogP contribution in [0, 0.1) is 10.1 Å². The van der Waals surface area contributed by atoms with Crippen LogP contribution in [0.4, 0.5) is 5.69 Å². The molecule has 1 rings (SSSR count). The Morgan fingerprint density at radius 1 is 1.38 bits per heavy atom. The van der Waals surface area contributed by atoms with Crippen molar-refractivity contribution in [3.05, 3.63) is 37.9 Å². The number of rotatable bonds is 4. The Hall–Kier alpha value is -1.33. The minimum absolute atomic E-state index is 0.0442. The third-order valence-corrected chi connectivity index (χ3v) is 2.65. The Morgan fingerprint density at radius 3 is 2.44 bits per heavy atom. The number of carboxylic acids is 1. The lowest BCUT2D eigenvalue weighted by Gasteiger charge is -2.03. The molecule has 0 saturated heterocycles. The van der Waals surface area contributed by atoms with Gasteiger partial charge in [0, 0.05) is 18.1 Å². The van der Waals surface area contributed by atoms with Gasteiger partial charge in [-0.3, -0.25) is 14.9 Å². The van der Waals surface area contributed by atoms with Crippen molar-refractivity contribution in [2.75, 3.05) is 0 Å². The lowest BCUT2D eigenvalue weighted by Crippen LogP contribution is -2.01. The van der Waals surface area contributed by atoms with E-state index in [2.05, 4.69) is 0 Å². The molecule has 0 fully saturated rings. The van der Waals surface area contributed by atoms with Crippen molar-refractivity contribution in [1.29, 1.82) is 0 Å². The number of benzene rings is 1. The highest BCUT2D eigenvalue weighted by molar-refractivity contribution is 6.42. The highest BCUT2D eigenvalue weighted by Crippen LogP contribution is 2.31. The topological polar surface area (TPSA) is 80.4 Å². The van der Waals surface area contributed by atoms with Crippen molar-refractivity contribution in [1.82, 2.24) is 0 Å². The summed E-state index contributed by atoms with van der Waals surface area (Å²) < 4.78 is 0. The smallest absolute Gasteiger partial charge is 0.303 e. The second-order valence-electron chi connectivity index (χ2n) is 3.05. The summed E-state index contributed by atoms with van der Waals surface area (Å²) in [6.45, 7) is 0. The van der Waals surface area contributed by atoms with E-state index in [-0.39, 0.29) is 34.1 Å². The monoisotopic (exact) mass is 263 g/mol. The first-order chi connectivity index (χ1) is 7.41. The van der Waals surface area contributed by atoms with E-state index in [1.807, 2.05) is 0 Å². The van der Waals surface area contributed by atoms with Gasteiger partial charge in [0.2, 0.25) is 0 Å². The zero-order valence-electron chi connectivity index (χ0n) is 7.94. The van der Waals surface area contributed by atoms with Gasteiger partial charge in [-0.2, -0.15) is 0 Å². The molecule has 0 heterocycles. The summed E-state index contributed by atoms with van der Waals surface area (Å²) in [5.41, 5.74) is 0.0532. The Balaban J connectivity index is 3.09. The molecule has 0 spiro atoms. The number of halogens is 2. The molecule has 16 heavy (non-hydrogen) atoms. The molecule has 1 aromatic carbocycles. The molecule has 7 heteroatoms. The first-order valence-electron chi connectivity index (χ1n) is 4.26. The fraction of sp³-hybridized carbons (Fsp3) is 0.222. The number of aryl methyl sites for hydroxylation is 1. The molecule has 0 amide bonds. The van der Waals surface area contributed by atoms with Crippen LogP contribution in [0.25, 0.3) is 0 Å². The van der Waals surface area contributed by atoms with E-state index in [9.17, 15) is 14.9 Å². The molecule has 0 radical (unpaired) electrons. The van der Waals surface area contributed by atoms with Crippen molar-refractivity contribution in [3.8, 4) is 0 Å². The molecule has 0 aromatic heterocycles. The van der Waals surface area contributed by atoms with E-state index in [1.165, 1.54) is 6.07 Å². The van der Waals surface area contributed by atoms with Gasteiger partial charge in [0.25, 0.3) is 5.69 Å². The van der Waals surface area contributed by atoms with E-state index in [0.717, 1.165) is 6.07 Å². The fourth-order valence-corrected chi connectivity index (χ4v) is 1.53. The standard InChI is InChI=1S/C9H7Cl2NO4/c10-6-3-5(1-2-9(13)14)8(12(15)16)4-7(6)11/h3-4H,1-2H2,(H,13,14). The van der Waals surface area contributed by atoms with Gasteiger partial charge in [0.15, 0.2) is 0 Å². The number of hydrogen-bond acceptors (Lipinski definition) is 3. The maximum Gasteiger partial charge on any atom is 0.303 e. The molecule has 0 unspecified atom stereocenters. The predicted octanol–water partition coefficient (Wildman–Crippen LogP) is 2.92. The van der Waals surface area contributed by atoms with E-state index < -0.39 is 10.9 Å². The molecule has 0 saturated carbocycles. The lowest BCUT2D eigenvalue weighted by atomic mass is 10.1. The highest BCUT2D eigenvalue weighted by atomic mass is 35.5. The van der Waals surface area contributed by atoms with Crippen LogP contribution in [0.2, 0.25) is 10.0 Å². The van der Waals surface area contributed by atoms with Gasteiger partial charge in [-0.15, -0.1) is 0 Å². The second kappa shape index (κ2) is 5.14. The Morgan fingerprint density at radius 2 is 1.94 bits per heavy atom. The number of nitrogens with zero attached hydrogens (tertiary/aromatic N) is 1. The molecular weight excluding hydrogens is 257 g/mol. The maximum absolute atomic E-state index is 10.7. The van der Waals surface area contributed by atoms with E-state index >= 15 is 0 Å². The second-order valence-corrected chi connectivity index (χ2v) is 3.86. The third kappa shape index (κ3) is 3.08. The van der Waals surface area contributed by atoms with Crippen LogP contribution in [0.5, 0.6) is 0 Å². The van der Waals surface area contributed by atoms with Crippen molar-refractivity contribution in [2.45, 2.75) is 12.8 Å². The number of carbonyl (C=O) groups is 1. The van der Waals surface area contributed by atoms with Gasteiger partial charge in [-0.25, -0.2) is 0 Å². The zero-order chi connectivity index (χ0) is 12.3.